The summed E-state index contributed by atoms with van der Waals surface area (Å²) in [5, 5.41) is 12.1. The van der Waals surface area contributed by atoms with E-state index in [1.165, 1.54) is 16.2 Å². The van der Waals surface area contributed by atoms with E-state index in [9.17, 15) is 28.8 Å². The van der Waals surface area contributed by atoms with E-state index in [1.807, 2.05) is 18.2 Å². The number of pyridine rings is 1. The summed E-state index contributed by atoms with van der Waals surface area (Å²) >= 11 is 0. The van der Waals surface area contributed by atoms with Crippen LogP contribution in [0.25, 0.3) is 21.8 Å². The molecule has 4 heterocycles. The summed E-state index contributed by atoms with van der Waals surface area (Å²) < 4.78 is 2.68. The number of benzene rings is 2. The quantitative estimate of drug-likeness (QED) is 0.111. The first-order valence-corrected chi connectivity index (χ1v) is 16.6. The Morgan fingerprint density at radius 2 is 1.45 bits per heavy atom. The van der Waals surface area contributed by atoms with Crippen LogP contribution in [0.15, 0.2) is 64.2 Å². The first-order valence-electron chi connectivity index (χ1n) is 16.6. The van der Waals surface area contributed by atoms with Gasteiger partial charge in [0, 0.05) is 31.3 Å². The predicted octanol–water partition coefficient (Wildman–Crippen LogP) is 2.59. The fourth-order valence-corrected chi connectivity index (χ4v) is 6.45. The normalized spacial score (nSPS) is 15.0. The van der Waals surface area contributed by atoms with Gasteiger partial charge in [-0.25, -0.2) is 9.97 Å². The number of carbonyl (C=O) groups excluding carboxylic acids is 4. The highest BCUT2D eigenvalue weighted by molar-refractivity contribution is 6.00. The molecule has 4 N–H and O–H groups in total. The number of hydrogen-bond acceptors (Lipinski definition) is 11. The number of aldehydes is 1. The molecular weight excluding hydrogens is 654 g/mol. The van der Waals surface area contributed by atoms with E-state index in [2.05, 4.69) is 31.2 Å². The molecule has 1 fully saturated rings. The summed E-state index contributed by atoms with van der Waals surface area (Å²) in [5.41, 5.74) is 2.57. The first-order chi connectivity index (χ1) is 24.6. The molecule has 2 unspecified atom stereocenters. The minimum atomic E-state index is -0.854. The monoisotopic (exact) mass is 691 g/mol. The molecule has 0 saturated carbocycles. The summed E-state index contributed by atoms with van der Waals surface area (Å²) in [5.74, 6) is -0.379. The van der Waals surface area contributed by atoms with E-state index < -0.39 is 23.6 Å². The second-order valence-electron chi connectivity index (χ2n) is 12.3. The van der Waals surface area contributed by atoms with Gasteiger partial charge in [0.05, 0.1) is 52.3 Å². The van der Waals surface area contributed by atoms with Gasteiger partial charge in [-0.1, -0.05) is 18.2 Å². The molecule has 51 heavy (non-hydrogen) atoms. The van der Waals surface area contributed by atoms with Crippen molar-refractivity contribution in [2.45, 2.75) is 64.7 Å². The highest BCUT2D eigenvalue weighted by atomic mass is 16.2. The predicted molar refractivity (Wildman–Crippen MR) is 190 cm³/mol. The molecule has 3 aromatic heterocycles. The van der Waals surface area contributed by atoms with Gasteiger partial charge in [-0.2, -0.15) is 0 Å². The fraction of sp³-hybridized carbons (Fsp3) is 0.306. The van der Waals surface area contributed by atoms with Gasteiger partial charge in [-0.3, -0.25) is 43.4 Å². The first kappa shape index (κ1) is 34.6. The fourth-order valence-electron chi connectivity index (χ4n) is 6.45. The van der Waals surface area contributed by atoms with Crippen molar-refractivity contribution in [3.05, 3.63) is 98.3 Å². The maximum atomic E-state index is 13.8. The van der Waals surface area contributed by atoms with Crippen molar-refractivity contribution in [2.75, 3.05) is 17.7 Å². The summed E-state index contributed by atoms with van der Waals surface area (Å²) in [6.07, 6.45) is 1.24. The molecule has 1 aliphatic rings. The Morgan fingerprint density at radius 1 is 0.863 bits per heavy atom. The molecule has 0 bridgehead atoms. The molecule has 0 radical (unpaired) electrons. The molecule has 0 spiro atoms. The van der Waals surface area contributed by atoms with Gasteiger partial charge in [0.15, 0.2) is 0 Å². The van der Waals surface area contributed by atoms with Crippen LogP contribution in [0.5, 0.6) is 0 Å². The Kier molecular flexibility index (Phi) is 9.98. The van der Waals surface area contributed by atoms with Crippen LogP contribution >= 0.6 is 0 Å². The number of nitrogens with one attached hydrogen (secondary N) is 4. The summed E-state index contributed by atoms with van der Waals surface area (Å²) in [4.78, 5) is 89.7. The van der Waals surface area contributed by atoms with E-state index in [1.54, 1.807) is 50.2 Å². The third-order valence-corrected chi connectivity index (χ3v) is 8.95. The van der Waals surface area contributed by atoms with Crippen LogP contribution in [0.4, 0.5) is 11.4 Å². The Hall–Kier alpha value is -6.25. The largest absolute Gasteiger partial charge is 0.379 e. The van der Waals surface area contributed by atoms with E-state index in [4.69, 9.17) is 4.98 Å². The van der Waals surface area contributed by atoms with Crippen molar-refractivity contribution < 1.29 is 19.2 Å². The van der Waals surface area contributed by atoms with Crippen LogP contribution in [0, 0.1) is 13.8 Å². The Bertz CT molecular complexity index is 2320. The molecule has 6 rings (SSSR count). The lowest BCUT2D eigenvalue weighted by Crippen LogP contribution is -2.45. The number of rotatable bonds is 12. The van der Waals surface area contributed by atoms with Gasteiger partial charge in [-0.05, 0) is 63.1 Å². The van der Waals surface area contributed by atoms with E-state index >= 15 is 0 Å². The minimum Gasteiger partial charge on any atom is -0.379 e. The number of hydrogen-bond donors (Lipinski definition) is 4. The zero-order chi connectivity index (χ0) is 36.2. The topological polar surface area (TPSA) is 199 Å². The maximum absolute atomic E-state index is 13.8. The zero-order valence-corrected chi connectivity index (χ0v) is 28.4. The molecule has 0 aliphatic carbocycles. The van der Waals surface area contributed by atoms with E-state index in [-0.39, 0.29) is 56.1 Å². The molecule has 2 atom stereocenters. The highest BCUT2D eigenvalue weighted by Crippen LogP contribution is 2.25. The smallest absolute Gasteiger partial charge is 0.264 e. The number of piperidine rings is 1. The molecule has 262 valence electrons. The molecule has 5 aromatic rings. The Labute approximate surface area is 291 Å². The number of aryl methyl sites for hydroxylation is 2. The maximum Gasteiger partial charge on any atom is 0.264 e. The molecule has 2 aromatic carbocycles. The lowest BCUT2D eigenvalue weighted by Gasteiger charge is -2.24. The number of nitrogens with zero attached hydrogens (tertiary/aromatic N) is 5. The van der Waals surface area contributed by atoms with Crippen molar-refractivity contribution >= 4 is 57.2 Å². The lowest BCUT2D eigenvalue weighted by molar-refractivity contribution is -0.136. The van der Waals surface area contributed by atoms with Gasteiger partial charge in [0.1, 0.15) is 24.0 Å². The number of amides is 3. The van der Waals surface area contributed by atoms with Crippen molar-refractivity contribution in [1.29, 1.82) is 0 Å². The average molecular weight is 692 g/mol. The molecule has 3 amide bonds. The molecule has 15 nitrogen and oxygen atoms in total. The second kappa shape index (κ2) is 14.7. The number of fused-ring (bicyclic) bond motifs is 2. The van der Waals surface area contributed by atoms with Crippen LogP contribution in [0.3, 0.4) is 0 Å². The van der Waals surface area contributed by atoms with Crippen LogP contribution in [-0.4, -0.2) is 55.1 Å². The molecule has 1 aliphatic heterocycles. The number of anilines is 2. The summed E-state index contributed by atoms with van der Waals surface area (Å²) in [6.45, 7) is 3.86. The van der Waals surface area contributed by atoms with Crippen molar-refractivity contribution in [3.8, 4) is 0 Å². The average Bonchev–Trinajstić information content (AvgIpc) is 3.11. The van der Waals surface area contributed by atoms with Gasteiger partial charge in [0.25, 0.3) is 11.1 Å². The van der Waals surface area contributed by atoms with Gasteiger partial charge < -0.3 is 20.7 Å². The van der Waals surface area contributed by atoms with Gasteiger partial charge >= 0.3 is 0 Å². The molecule has 15 heteroatoms. The van der Waals surface area contributed by atoms with Crippen LogP contribution < -0.4 is 32.4 Å². The summed E-state index contributed by atoms with van der Waals surface area (Å²) in [7, 11) is 1.51. The SMILES string of the molecule is CNC(=O)CCC(C=O)n1c(C)nc2cccc(NCc3cccc(CNc4cccc5nc(C)n(C6CCC(=O)NC6=O)c(=O)c45)n3)c2c1=O. The third-order valence-electron chi connectivity index (χ3n) is 8.95. The Balaban J connectivity index is 1.22. The summed E-state index contributed by atoms with van der Waals surface area (Å²) in [6, 6.07) is 14.4. The standard InChI is InChI=1S/C36H37N9O6/c1-20-40-27-11-5-9-25(32(27)35(50)44(20)24(19-46)13-15-30(47)37-3)38-17-22-7-4-8-23(42-22)18-39-26-10-6-12-28-33(26)36(51)45(21(2)41-28)29-14-16-31(48)43-34(29)49/h4-12,19,24,29,38-39H,13-18H2,1-3H3,(H,37,47)(H,43,48,49). The van der Waals surface area contributed by atoms with Gasteiger partial charge in [0.2, 0.25) is 17.7 Å². The minimum absolute atomic E-state index is 0.0814. The van der Waals surface area contributed by atoms with Crippen LogP contribution in [0.1, 0.15) is 60.8 Å². The van der Waals surface area contributed by atoms with Crippen molar-refractivity contribution in [2.24, 2.45) is 0 Å². The van der Waals surface area contributed by atoms with E-state index in [0.717, 1.165) is 0 Å². The molecule has 1 saturated heterocycles. The van der Waals surface area contributed by atoms with Crippen LogP contribution in [-0.2, 0) is 32.3 Å². The Morgan fingerprint density at radius 3 is 2.04 bits per heavy atom. The highest BCUT2D eigenvalue weighted by Gasteiger charge is 2.31. The van der Waals surface area contributed by atoms with Crippen LogP contribution in [0.2, 0.25) is 0 Å². The number of aromatic nitrogens is 5. The number of carbonyl (C=O) groups is 4. The van der Waals surface area contributed by atoms with Gasteiger partial charge in [-0.15, -0.1) is 0 Å². The van der Waals surface area contributed by atoms with E-state index in [0.29, 0.717) is 62.5 Å². The van der Waals surface area contributed by atoms with Crippen molar-refractivity contribution in [3.63, 3.8) is 0 Å². The number of imide groups is 1. The van der Waals surface area contributed by atoms with Crippen molar-refractivity contribution in [1.82, 2.24) is 34.7 Å². The second-order valence-corrected chi connectivity index (χ2v) is 12.3. The third kappa shape index (κ3) is 7.08. The lowest BCUT2D eigenvalue weighted by atomic mass is 10.1. The zero-order valence-electron chi connectivity index (χ0n) is 28.4. The molecular formula is C36H37N9O6.